The van der Waals surface area contributed by atoms with Gasteiger partial charge in [-0.2, -0.15) is 13.2 Å². The van der Waals surface area contributed by atoms with Crippen molar-refractivity contribution >= 4 is 28.8 Å². The first kappa shape index (κ1) is 16.6. The molecule has 2 rings (SSSR count). The number of alkyl carbamates (subject to hydrolysis) is 1. The van der Waals surface area contributed by atoms with Crippen molar-refractivity contribution in [3.8, 4) is 0 Å². The average Bonchev–Trinajstić information content (AvgIpc) is 2.81. The quantitative estimate of drug-likeness (QED) is 0.897. The third kappa shape index (κ3) is 5.16. The van der Waals surface area contributed by atoms with Crippen LogP contribution in [0.1, 0.15) is 5.89 Å². The zero-order valence-electron chi connectivity index (χ0n) is 11.9. The summed E-state index contributed by atoms with van der Waals surface area (Å²) < 4.78 is 44.7. The van der Waals surface area contributed by atoms with Gasteiger partial charge in [-0.25, -0.2) is 9.78 Å². The highest BCUT2D eigenvalue weighted by atomic mass is 19.4. The molecule has 1 aromatic carbocycles. The molecule has 10 heteroatoms. The molecule has 0 aliphatic rings. The molecule has 0 spiro atoms. The maximum absolute atomic E-state index is 11.8. The van der Waals surface area contributed by atoms with E-state index in [1.54, 1.807) is 19.1 Å². The van der Waals surface area contributed by atoms with E-state index in [2.05, 4.69) is 15.0 Å². The summed E-state index contributed by atoms with van der Waals surface area (Å²) in [6.45, 7) is -0.582. The van der Waals surface area contributed by atoms with E-state index >= 15 is 0 Å². The number of amides is 2. The first-order valence-corrected chi connectivity index (χ1v) is 6.37. The fourth-order valence-corrected chi connectivity index (χ4v) is 1.67. The Hall–Kier alpha value is -2.78. The molecule has 0 fully saturated rings. The molecule has 23 heavy (non-hydrogen) atoms. The molecular weight excluding hydrogens is 319 g/mol. The van der Waals surface area contributed by atoms with Crippen LogP contribution in [0, 0.1) is 6.92 Å². The van der Waals surface area contributed by atoms with Crippen molar-refractivity contribution in [2.45, 2.75) is 13.1 Å². The summed E-state index contributed by atoms with van der Waals surface area (Å²) in [6.07, 6.45) is -5.96. The highest BCUT2D eigenvalue weighted by Gasteiger charge is 2.29. The third-order valence-corrected chi connectivity index (χ3v) is 2.54. The van der Waals surface area contributed by atoms with Crippen LogP contribution in [0.4, 0.5) is 23.7 Å². The Morgan fingerprint density at radius 2 is 2.09 bits per heavy atom. The second-order valence-corrected chi connectivity index (χ2v) is 4.51. The third-order valence-electron chi connectivity index (χ3n) is 2.54. The lowest BCUT2D eigenvalue weighted by Gasteiger charge is -2.09. The number of oxazole rings is 1. The number of halogens is 3. The van der Waals surface area contributed by atoms with Gasteiger partial charge in [0.25, 0.3) is 0 Å². The fourth-order valence-electron chi connectivity index (χ4n) is 1.67. The van der Waals surface area contributed by atoms with E-state index in [0.29, 0.717) is 22.7 Å². The van der Waals surface area contributed by atoms with Crippen LogP contribution in [0.15, 0.2) is 22.6 Å². The van der Waals surface area contributed by atoms with Gasteiger partial charge >= 0.3 is 12.3 Å². The van der Waals surface area contributed by atoms with Gasteiger partial charge in [0.15, 0.2) is 18.1 Å². The number of hydrogen-bond acceptors (Lipinski definition) is 5. The van der Waals surface area contributed by atoms with Crippen LogP contribution < -0.4 is 10.6 Å². The number of aromatic nitrogens is 1. The van der Waals surface area contributed by atoms with Crippen molar-refractivity contribution in [3.05, 3.63) is 24.1 Å². The van der Waals surface area contributed by atoms with Crippen LogP contribution in [0.25, 0.3) is 11.1 Å². The minimum absolute atomic E-state index is 0.393. The lowest BCUT2D eigenvalue weighted by Crippen LogP contribution is -2.35. The molecule has 2 aromatic rings. The molecule has 0 aliphatic heterocycles. The second-order valence-electron chi connectivity index (χ2n) is 4.51. The Morgan fingerprint density at radius 1 is 1.35 bits per heavy atom. The van der Waals surface area contributed by atoms with E-state index in [1.807, 2.05) is 5.32 Å². The van der Waals surface area contributed by atoms with Crippen LogP contribution in [0.5, 0.6) is 0 Å². The fraction of sp³-hybridized carbons (Fsp3) is 0.308. The van der Waals surface area contributed by atoms with Crippen molar-refractivity contribution in [2.75, 3.05) is 18.5 Å². The molecular formula is C13H12F3N3O4. The molecule has 124 valence electrons. The van der Waals surface area contributed by atoms with Crippen molar-refractivity contribution in [1.82, 2.24) is 10.3 Å². The van der Waals surface area contributed by atoms with E-state index in [1.165, 1.54) is 6.07 Å². The molecule has 0 radical (unpaired) electrons. The van der Waals surface area contributed by atoms with Crippen LogP contribution >= 0.6 is 0 Å². The molecule has 0 atom stereocenters. The average molecular weight is 331 g/mol. The van der Waals surface area contributed by atoms with E-state index in [-0.39, 0.29) is 0 Å². The topological polar surface area (TPSA) is 93.5 Å². The molecule has 0 unspecified atom stereocenters. The summed E-state index contributed by atoms with van der Waals surface area (Å²) in [6, 6.07) is 4.74. The predicted octanol–water partition coefficient (Wildman–Crippen LogP) is 2.36. The lowest BCUT2D eigenvalue weighted by molar-refractivity contribution is -0.160. The van der Waals surface area contributed by atoms with Gasteiger partial charge in [0.2, 0.25) is 5.91 Å². The zero-order valence-corrected chi connectivity index (χ0v) is 11.9. The van der Waals surface area contributed by atoms with E-state index in [9.17, 15) is 22.8 Å². The Morgan fingerprint density at radius 3 is 2.78 bits per heavy atom. The maximum Gasteiger partial charge on any atom is 0.422 e. The van der Waals surface area contributed by atoms with Gasteiger partial charge < -0.3 is 19.8 Å². The van der Waals surface area contributed by atoms with E-state index in [4.69, 9.17) is 4.42 Å². The van der Waals surface area contributed by atoms with E-state index < -0.39 is 31.3 Å². The van der Waals surface area contributed by atoms with Gasteiger partial charge in [-0.15, -0.1) is 0 Å². The number of rotatable bonds is 4. The van der Waals surface area contributed by atoms with Crippen LogP contribution in [-0.4, -0.2) is 36.3 Å². The summed E-state index contributed by atoms with van der Waals surface area (Å²) in [5, 5.41) is 4.36. The van der Waals surface area contributed by atoms with Crippen molar-refractivity contribution < 1.29 is 31.9 Å². The Labute approximate surface area is 127 Å². The number of fused-ring (bicyclic) bond motifs is 1. The summed E-state index contributed by atoms with van der Waals surface area (Å²) in [4.78, 5) is 26.7. The summed E-state index contributed by atoms with van der Waals surface area (Å²) in [5.41, 5.74) is 1.48. The normalized spacial score (nSPS) is 11.3. The number of anilines is 1. The molecule has 2 amide bonds. The van der Waals surface area contributed by atoms with Gasteiger partial charge in [-0.1, -0.05) is 0 Å². The second kappa shape index (κ2) is 6.55. The molecule has 0 aliphatic carbocycles. The Balaban J connectivity index is 1.82. The zero-order chi connectivity index (χ0) is 17.0. The van der Waals surface area contributed by atoms with Crippen LogP contribution in [0.2, 0.25) is 0 Å². The number of nitrogens with zero attached hydrogens (tertiary/aromatic N) is 1. The lowest BCUT2D eigenvalue weighted by atomic mass is 10.3. The minimum atomic E-state index is -4.62. The SMILES string of the molecule is Cc1nc2ccc(NC(=O)CNC(=O)OCC(F)(F)F)cc2o1. The Kier molecular flexibility index (Phi) is 4.72. The van der Waals surface area contributed by atoms with Gasteiger partial charge in [0.1, 0.15) is 12.1 Å². The van der Waals surface area contributed by atoms with Gasteiger partial charge in [-0.3, -0.25) is 4.79 Å². The Bertz CT molecular complexity index is 727. The van der Waals surface area contributed by atoms with Gasteiger partial charge in [-0.05, 0) is 12.1 Å². The van der Waals surface area contributed by atoms with Gasteiger partial charge in [0.05, 0.1) is 0 Å². The summed E-state index contributed by atoms with van der Waals surface area (Å²) >= 11 is 0. The number of aryl methyl sites for hydroxylation is 1. The smallest absolute Gasteiger partial charge is 0.422 e. The van der Waals surface area contributed by atoms with Crippen molar-refractivity contribution in [1.29, 1.82) is 0 Å². The van der Waals surface area contributed by atoms with Crippen molar-refractivity contribution in [2.24, 2.45) is 0 Å². The number of benzene rings is 1. The standard InChI is InChI=1S/C13H12F3N3O4/c1-7-18-9-3-2-8(4-10(9)23-7)19-11(20)5-17-12(21)22-6-13(14,15)16/h2-4H,5-6H2,1H3,(H,17,21)(H,19,20). The van der Waals surface area contributed by atoms with Crippen LogP contribution in [-0.2, 0) is 9.53 Å². The molecule has 0 saturated carbocycles. The van der Waals surface area contributed by atoms with Crippen LogP contribution in [0.3, 0.4) is 0 Å². The number of carbonyl (C=O) groups excluding carboxylic acids is 2. The van der Waals surface area contributed by atoms with Crippen molar-refractivity contribution in [3.63, 3.8) is 0 Å². The number of ether oxygens (including phenoxy) is 1. The predicted molar refractivity (Wildman–Crippen MR) is 72.8 cm³/mol. The largest absolute Gasteiger partial charge is 0.441 e. The first-order chi connectivity index (χ1) is 10.7. The molecule has 7 nitrogen and oxygen atoms in total. The number of hydrogen-bond donors (Lipinski definition) is 2. The highest BCUT2D eigenvalue weighted by Crippen LogP contribution is 2.19. The monoisotopic (exact) mass is 331 g/mol. The summed E-state index contributed by atoms with van der Waals surface area (Å²) in [5.74, 6) is -0.165. The van der Waals surface area contributed by atoms with E-state index in [0.717, 1.165) is 0 Å². The summed E-state index contributed by atoms with van der Waals surface area (Å²) in [7, 11) is 0. The molecule has 1 aromatic heterocycles. The first-order valence-electron chi connectivity index (χ1n) is 6.37. The molecule has 0 bridgehead atoms. The molecule has 2 N–H and O–H groups in total. The molecule has 1 heterocycles. The minimum Gasteiger partial charge on any atom is -0.441 e. The van der Waals surface area contributed by atoms with Gasteiger partial charge in [0, 0.05) is 18.7 Å². The number of carbonyl (C=O) groups is 2. The maximum atomic E-state index is 11.8. The number of alkyl halides is 3. The molecule has 0 saturated heterocycles. The number of nitrogens with one attached hydrogen (secondary N) is 2. The highest BCUT2D eigenvalue weighted by molar-refractivity contribution is 5.95.